The maximum absolute atomic E-state index is 10.8. The van der Waals surface area contributed by atoms with Crippen LogP contribution in [-0.2, 0) is 0 Å². The van der Waals surface area contributed by atoms with Gasteiger partial charge in [-0.1, -0.05) is 6.42 Å². The van der Waals surface area contributed by atoms with Gasteiger partial charge in [0.05, 0.1) is 11.3 Å². The van der Waals surface area contributed by atoms with Crippen LogP contribution in [0.5, 0.6) is 0 Å². The Morgan fingerprint density at radius 1 is 1.19 bits per heavy atom. The van der Waals surface area contributed by atoms with Gasteiger partial charge in [-0.3, -0.25) is 5.43 Å². The lowest BCUT2D eigenvalue weighted by atomic mass is 9.81. The average Bonchev–Trinajstić information content (AvgIpc) is 3.17. The molecule has 0 radical (unpaired) electrons. The smallest absolute Gasteiger partial charge is 0.335 e. The topological polar surface area (TPSA) is 61.7 Å². The number of fused-ring (bicyclic) bond motifs is 5. The Labute approximate surface area is 124 Å². The molecule has 3 fully saturated rings. The van der Waals surface area contributed by atoms with Gasteiger partial charge >= 0.3 is 5.97 Å². The van der Waals surface area contributed by atoms with E-state index < -0.39 is 5.97 Å². The summed E-state index contributed by atoms with van der Waals surface area (Å²) in [6.07, 6.45) is 6.72. The summed E-state index contributed by atoms with van der Waals surface area (Å²) in [6.45, 7) is 0. The number of hydrazone groups is 1. The van der Waals surface area contributed by atoms with Crippen LogP contribution in [0.1, 0.15) is 42.5 Å². The molecule has 4 heteroatoms. The number of rotatable bonds is 3. The lowest BCUT2D eigenvalue weighted by molar-refractivity contribution is 0.0697. The van der Waals surface area contributed by atoms with Gasteiger partial charge in [0.15, 0.2) is 0 Å². The van der Waals surface area contributed by atoms with Crippen LogP contribution in [0.2, 0.25) is 0 Å². The minimum absolute atomic E-state index is 0.307. The molecule has 0 aromatic heterocycles. The van der Waals surface area contributed by atoms with Gasteiger partial charge in [0.2, 0.25) is 0 Å². The number of aromatic carboxylic acids is 1. The first-order valence-electron chi connectivity index (χ1n) is 7.88. The summed E-state index contributed by atoms with van der Waals surface area (Å²) < 4.78 is 0. The molecule has 3 saturated carbocycles. The van der Waals surface area contributed by atoms with Crippen molar-refractivity contribution in [3.05, 3.63) is 29.8 Å². The molecule has 3 aliphatic carbocycles. The van der Waals surface area contributed by atoms with Crippen molar-refractivity contribution < 1.29 is 9.90 Å². The Hall–Kier alpha value is -1.84. The molecule has 110 valence electrons. The van der Waals surface area contributed by atoms with Gasteiger partial charge in [-0.25, -0.2) is 4.79 Å². The van der Waals surface area contributed by atoms with Crippen molar-refractivity contribution in [2.24, 2.45) is 28.8 Å². The van der Waals surface area contributed by atoms with E-state index in [1.807, 2.05) is 0 Å². The van der Waals surface area contributed by atoms with Crippen molar-refractivity contribution in [1.29, 1.82) is 0 Å². The molecule has 2 N–H and O–H groups in total. The SMILES string of the molecule is O=C(O)c1ccc(N/N=C2/C[C@@H]3C[C@@H]2[C@H]2CCC[C@H]32)cc1. The van der Waals surface area contributed by atoms with Crippen molar-refractivity contribution in [2.75, 3.05) is 5.43 Å². The average molecular weight is 284 g/mol. The zero-order valence-corrected chi connectivity index (χ0v) is 12.0. The normalized spacial score (nSPS) is 35.1. The summed E-state index contributed by atoms with van der Waals surface area (Å²) in [5, 5.41) is 13.5. The third kappa shape index (κ3) is 2.13. The summed E-state index contributed by atoms with van der Waals surface area (Å²) in [5.41, 5.74) is 5.62. The summed E-state index contributed by atoms with van der Waals surface area (Å²) in [6, 6.07) is 6.77. The number of nitrogens with one attached hydrogen (secondary N) is 1. The molecule has 0 spiro atoms. The lowest BCUT2D eigenvalue weighted by Crippen LogP contribution is -2.25. The molecule has 0 saturated heterocycles. The highest BCUT2D eigenvalue weighted by molar-refractivity contribution is 5.91. The molecule has 0 amide bonds. The number of carboxylic acid groups (broad SMARTS) is 1. The number of anilines is 1. The number of carboxylic acids is 1. The molecule has 21 heavy (non-hydrogen) atoms. The van der Waals surface area contributed by atoms with Gasteiger partial charge in [-0.15, -0.1) is 0 Å². The van der Waals surface area contributed by atoms with E-state index in [-0.39, 0.29) is 0 Å². The predicted octanol–water partition coefficient (Wildman–Crippen LogP) is 3.61. The lowest BCUT2D eigenvalue weighted by Gasteiger charge is -2.25. The van der Waals surface area contributed by atoms with E-state index in [0.29, 0.717) is 11.5 Å². The van der Waals surface area contributed by atoms with Crippen molar-refractivity contribution in [1.82, 2.24) is 0 Å². The van der Waals surface area contributed by atoms with Crippen LogP contribution < -0.4 is 5.43 Å². The molecule has 4 atom stereocenters. The molecule has 4 rings (SSSR count). The second-order valence-electron chi connectivity index (χ2n) is 6.66. The van der Waals surface area contributed by atoms with E-state index in [4.69, 9.17) is 5.11 Å². The summed E-state index contributed by atoms with van der Waals surface area (Å²) in [7, 11) is 0. The molecule has 0 heterocycles. The summed E-state index contributed by atoms with van der Waals surface area (Å²) in [5.74, 6) is 2.54. The Morgan fingerprint density at radius 3 is 2.71 bits per heavy atom. The Balaban J connectivity index is 1.46. The summed E-state index contributed by atoms with van der Waals surface area (Å²) in [4.78, 5) is 10.8. The van der Waals surface area contributed by atoms with E-state index >= 15 is 0 Å². The van der Waals surface area contributed by atoms with Gasteiger partial charge < -0.3 is 5.11 Å². The third-order valence-corrected chi connectivity index (χ3v) is 5.66. The van der Waals surface area contributed by atoms with Gasteiger partial charge in [-0.05, 0) is 67.7 Å². The van der Waals surface area contributed by atoms with Crippen molar-refractivity contribution >= 4 is 17.4 Å². The van der Waals surface area contributed by atoms with E-state index in [1.165, 1.54) is 31.4 Å². The third-order valence-electron chi connectivity index (χ3n) is 5.66. The Kier molecular flexibility index (Phi) is 2.98. The molecule has 3 aliphatic rings. The molecule has 0 unspecified atom stereocenters. The van der Waals surface area contributed by atoms with Crippen molar-refractivity contribution in [2.45, 2.75) is 32.1 Å². The molecule has 1 aromatic rings. The zero-order chi connectivity index (χ0) is 14.4. The maximum Gasteiger partial charge on any atom is 0.335 e. The number of nitrogens with zero attached hydrogens (tertiary/aromatic N) is 1. The molecule has 1 aromatic carbocycles. The quantitative estimate of drug-likeness (QED) is 0.833. The number of carbonyl (C=O) groups is 1. The van der Waals surface area contributed by atoms with Crippen LogP contribution in [0.3, 0.4) is 0 Å². The summed E-state index contributed by atoms with van der Waals surface area (Å²) >= 11 is 0. The maximum atomic E-state index is 10.8. The van der Waals surface area contributed by atoms with E-state index in [2.05, 4.69) is 10.5 Å². The van der Waals surface area contributed by atoms with Crippen LogP contribution in [0.15, 0.2) is 29.4 Å². The fraction of sp³-hybridized carbons (Fsp3) is 0.529. The van der Waals surface area contributed by atoms with Gasteiger partial charge in [0.1, 0.15) is 0 Å². The van der Waals surface area contributed by atoms with Crippen LogP contribution in [0.4, 0.5) is 5.69 Å². The number of hydrogen-bond acceptors (Lipinski definition) is 3. The van der Waals surface area contributed by atoms with Gasteiger partial charge in [-0.2, -0.15) is 5.10 Å². The Morgan fingerprint density at radius 2 is 1.95 bits per heavy atom. The molecule has 0 aliphatic heterocycles. The second-order valence-corrected chi connectivity index (χ2v) is 6.66. The van der Waals surface area contributed by atoms with Crippen LogP contribution in [0.25, 0.3) is 0 Å². The first-order chi connectivity index (χ1) is 10.2. The fourth-order valence-electron chi connectivity index (χ4n) is 4.77. The molecule has 2 bridgehead atoms. The van der Waals surface area contributed by atoms with Crippen LogP contribution >= 0.6 is 0 Å². The fourth-order valence-corrected chi connectivity index (χ4v) is 4.77. The van der Waals surface area contributed by atoms with Crippen molar-refractivity contribution in [3.63, 3.8) is 0 Å². The Bertz CT molecular complexity index is 593. The van der Waals surface area contributed by atoms with Gasteiger partial charge in [0.25, 0.3) is 0 Å². The highest BCUT2D eigenvalue weighted by Gasteiger charge is 2.52. The number of benzene rings is 1. The molecular formula is C17H20N2O2. The highest BCUT2D eigenvalue weighted by Crippen LogP contribution is 2.57. The first-order valence-corrected chi connectivity index (χ1v) is 7.88. The van der Waals surface area contributed by atoms with E-state index in [1.54, 1.807) is 24.3 Å². The predicted molar refractivity (Wildman–Crippen MR) is 81.5 cm³/mol. The highest BCUT2D eigenvalue weighted by atomic mass is 16.4. The monoisotopic (exact) mass is 284 g/mol. The van der Waals surface area contributed by atoms with E-state index in [0.717, 1.165) is 29.9 Å². The zero-order valence-electron chi connectivity index (χ0n) is 12.0. The standard InChI is InChI=1S/C17H20N2O2/c20-17(21)10-4-6-12(7-5-10)18-19-16-9-11-8-15(16)14-3-1-2-13(11)14/h4-7,11,13-15,18H,1-3,8-9H2,(H,20,21)/b19-16-/t11-,13+,14-,15+/m0/s1. The minimum atomic E-state index is -0.895. The van der Waals surface area contributed by atoms with Crippen molar-refractivity contribution in [3.8, 4) is 0 Å². The van der Waals surface area contributed by atoms with Crippen LogP contribution in [0, 0.1) is 23.7 Å². The molecular weight excluding hydrogens is 264 g/mol. The van der Waals surface area contributed by atoms with Crippen LogP contribution in [-0.4, -0.2) is 16.8 Å². The molecule has 4 nitrogen and oxygen atoms in total. The second kappa shape index (κ2) is 4.86. The largest absolute Gasteiger partial charge is 0.478 e. The van der Waals surface area contributed by atoms with Gasteiger partial charge in [0, 0.05) is 11.6 Å². The minimum Gasteiger partial charge on any atom is -0.478 e. The number of hydrogen-bond donors (Lipinski definition) is 2. The first kappa shape index (κ1) is 12.9. The van der Waals surface area contributed by atoms with E-state index in [9.17, 15) is 4.79 Å².